The lowest BCUT2D eigenvalue weighted by Crippen LogP contribution is -2.57. The van der Waals surface area contributed by atoms with Gasteiger partial charge >= 0.3 is 0 Å². The summed E-state index contributed by atoms with van der Waals surface area (Å²) in [5.41, 5.74) is 4.17. The van der Waals surface area contributed by atoms with Crippen LogP contribution in [0.25, 0.3) is 10.9 Å². The Balaban J connectivity index is 1.38. The van der Waals surface area contributed by atoms with Crippen molar-refractivity contribution in [2.24, 2.45) is 0 Å². The number of amides is 1. The van der Waals surface area contributed by atoms with Crippen LogP contribution in [0.3, 0.4) is 0 Å². The number of likely N-dealkylation sites (tertiary alicyclic amines) is 1. The van der Waals surface area contributed by atoms with E-state index in [4.69, 9.17) is 4.98 Å². The standard InChI is InChI=1S/C22H27N5O/c1-2-10-27-11-7-18-20(24-15-23-18)22(27)8-12-26(13-9-22)21(28)19-14-16-5-3-4-6-17(16)25-19/h3-6,14-15,25H,2,7-13H2,1H3,(H,23,24). The first kappa shape index (κ1) is 17.5. The molecule has 0 aliphatic carbocycles. The molecule has 0 unspecified atom stereocenters. The van der Waals surface area contributed by atoms with E-state index >= 15 is 0 Å². The molecule has 146 valence electrons. The first-order chi connectivity index (χ1) is 13.7. The molecule has 3 aromatic rings. The molecule has 2 aromatic heterocycles. The number of aromatic amines is 2. The molecule has 1 saturated heterocycles. The quantitative estimate of drug-likeness (QED) is 0.736. The fourth-order valence-corrected chi connectivity index (χ4v) is 5.11. The second-order valence-corrected chi connectivity index (χ2v) is 8.06. The number of fused-ring (bicyclic) bond motifs is 3. The summed E-state index contributed by atoms with van der Waals surface area (Å²) in [5.74, 6) is 0.103. The maximum atomic E-state index is 13.1. The van der Waals surface area contributed by atoms with Crippen molar-refractivity contribution < 1.29 is 4.79 Å². The van der Waals surface area contributed by atoms with Crippen LogP contribution in [0.5, 0.6) is 0 Å². The van der Waals surface area contributed by atoms with Gasteiger partial charge in [0.1, 0.15) is 5.69 Å². The number of hydrogen-bond donors (Lipinski definition) is 2. The van der Waals surface area contributed by atoms with E-state index in [1.54, 1.807) is 0 Å². The van der Waals surface area contributed by atoms with Crippen LogP contribution in [0.1, 0.15) is 48.1 Å². The van der Waals surface area contributed by atoms with E-state index in [9.17, 15) is 4.79 Å². The van der Waals surface area contributed by atoms with E-state index in [2.05, 4.69) is 21.8 Å². The van der Waals surface area contributed by atoms with Crippen LogP contribution in [-0.2, 0) is 12.0 Å². The molecule has 0 radical (unpaired) electrons. The fraction of sp³-hybridized carbons (Fsp3) is 0.455. The number of hydrogen-bond acceptors (Lipinski definition) is 3. The monoisotopic (exact) mass is 377 g/mol. The van der Waals surface area contributed by atoms with E-state index in [0.29, 0.717) is 5.69 Å². The van der Waals surface area contributed by atoms with Crippen LogP contribution in [0.2, 0.25) is 0 Å². The van der Waals surface area contributed by atoms with Crippen LogP contribution in [0.15, 0.2) is 36.7 Å². The van der Waals surface area contributed by atoms with E-state index < -0.39 is 0 Å². The highest BCUT2D eigenvalue weighted by Crippen LogP contribution is 2.42. The van der Waals surface area contributed by atoms with Gasteiger partial charge in [0, 0.05) is 42.7 Å². The first-order valence-corrected chi connectivity index (χ1v) is 10.4. The molecule has 2 N–H and O–H groups in total. The van der Waals surface area contributed by atoms with Crippen molar-refractivity contribution in [1.82, 2.24) is 24.8 Å². The average Bonchev–Trinajstić information content (AvgIpc) is 3.38. The minimum absolute atomic E-state index is 0.0270. The molecular weight excluding hydrogens is 350 g/mol. The molecule has 28 heavy (non-hydrogen) atoms. The van der Waals surface area contributed by atoms with Crippen molar-refractivity contribution in [1.29, 1.82) is 0 Å². The van der Waals surface area contributed by atoms with Gasteiger partial charge in [-0.05, 0) is 37.9 Å². The minimum Gasteiger partial charge on any atom is -0.351 e. The van der Waals surface area contributed by atoms with Gasteiger partial charge in [-0.2, -0.15) is 0 Å². The summed E-state index contributed by atoms with van der Waals surface area (Å²) >= 11 is 0. The first-order valence-electron chi connectivity index (χ1n) is 10.4. The smallest absolute Gasteiger partial charge is 0.270 e. The third-order valence-electron chi connectivity index (χ3n) is 6.53. The Morgan fingerprint density at radius 3 is 2.82 bits per heavy atom. The summed E-state index contributed by atoms with van der Waals surface area (Å²) in [6.07, 6.45) is 5.89. The summed E-state index contributed by atoms with van der Waals surface area (Å²) < 4.78 is 0. The molecule has 1 aromatic carbocycles. The summed E-state index contributed by atoms with van der Waals surface area (Å²) in [7, 11) is 0. The van der Waals surface area contributed by atoms with Gasteiger partial charge in [0.15, 0.2) is 0 Å². The zero-order valence-electron chi connectivity index (χ0n) is 16.4. The van der Waals surface area contributed by atoms with Crippen LogP contribution in [-0.4, -0.2) is 56.8 Å². The summed E-state index contributed by atoms with van der Waals surface area (Å²) in [5, 5.41) is 1.09. The van der Waals surface area contributed by atoms with Crippen LogP contribution >= 0.6 is 0 Å². The highest BCUT2D eigenvalue weighted by molar-refractivity contribution is 5.98. The zero-order chi connectivity index (χ0) is 19.1. The summed E-state index contributed by atoms with van der Waals surface area (Å²) in [6.45, 7) is 5.92. The Morgan fingerprint density at radius 1 is 1.21 bits per heavy atom. The maximum Gasteiger partial charge on any atom is 0.270 e. The largest absolute Gasteiger partial charge is 0.351 e. The molecule has 0 bridgehead atoms. The SMILES string of the molecule is CCCN1CCc2[nH]cnc2C12CCN(C(=O)c1cc3ccccc3[nH]1)CC2. The Bertz CT molecular complexity index is 962. The van der Waals surface area contributed by atoms with E-state index in [0.717, 1.165) is 62.8 Å². The number of benzene rings is 1. The van der Waals surface area contributed by atoms with Crippen molar-refractivity contribution in [3.63, 3.8) is 0 Å². The van der Waals surface area contributed by atoms with E-state index in [1.807, 2.05) is 41.6 Å². The molecule has 0 saturated carbocycles. The molecule has 5 rings (SSSR count). The fourth-order valence-electron chi connectivity index (χ4n) is 5.11. The van der Waals surface area contributed by atoms with Crippen molar-refractivity contribution in [3.05, 3.63) is 53.7 Å². The molecule has 6 nitrogen and oxygen atoms in total. The lowest BCUT2D eigenvalue weighted by atomic mass is 9.78. The van der Waals surface area contributed by atoms with Gasteiger partial charge < -0.3 is 14.9 Å². The van der Waals surface area contributed by atoms with Gasteiger partial charge in [-0.1, -0.05) is 25.1 Å². The highest BCUT2D eigenvalue weighted by atomic mass is 16.2. The lowest BCUT2D eigenvalue weighted by Gasteiger charge is -2.50. The van der Waals surface area contributed by atoms with Gasteiger partial charge in [-0.3, -0.25) is 9.69 Å². The Morgan fingerprint density at radius 2 is 2.04 bits per heavy atom. The third kappa shape index (κ3) is 2.66. The number of carbonyl (C=O) groups excluding carboxylic acids is 1. The molecule has 1 fully saturated rings. The normalized spacial score (nSPS) is 19.2. The molecule has 0 atom stereocenters. The number of piperidine rings is 1. The van der Waals surface area contributed by atoms with Crippen LogP contribution in [0, 0.1) is 0 Å². The van der Waals surface area contributed by atoms with Crippen molar-refractivity contribution in [3.8, 4) is 0 Å². The molecule has 6 heteroatoms. The predicted octanol–water partition coefficient (Wildman–Crippen LogP) is 3.29. The molecular formula is C22H27N5O. The van der Waals surface area contributed by atoms with Gasteiger partial charge in [0.25, 0.3) is 5.91 Å². The number of imidazole rings is 1. The van der Waals surface area contributed by atoms with Crippen LogP contribution < -0.4 is 0 Å². The highest BCUT2D eigenvalue weighted by Gasteiger charge is 2.46. The second kappa shape index (κ2) is 6.78. The Kier molecular flexibility index (Phi) is 4.23. The van der Waals surface area contributed by atoms with E-state index in [-0.39, 0.29) is 11.4 Å². The number of nitrogens with one attached hydrogen (secondary N) is 2. The molecule has 1 amide bonds. The summed E-state index contributed by atoms with van der Waals surface area (Å²) in [4.78, 5) is 29.1. The second-order valence-electron chi connectivity index (χ2n) is 8.06. The van der Waals surface area contributed by atoms with Gasteiger partial charge in [0.05, 0.1) is 17.6 Å². The molecule has 2 aliphatic rings. The maximum absolute atomic E-state index is 13.1. The van der Waals surface area contributed by atoms with Crippen molar-refractivity contribution in [2.45, 2.75) is 38.1 Å². The van der Waals surface area contributed by atoms with Crippen molar-refractivity contribution in [2.75, 3.05) is 26.2 Å². The Hall–Kier alpha value is -2.60. The zero-order valence-corrected chi connectivity index (χ0v) is 16.4. The van der Waals surface area contributed by atoms with Gasteiger partial charge in [-0.25, -0.2) is 4.98 Å². The third-order valence-corrected chi connectivity index (χ3v) is 6.53. The number of nitrogens with zero attached hydrogens (tertiary/aromatic N) is 3. The molecule has 1 spiro atoms. The predicted molar refractivity (Wildman–Crippen MR) is 109 cm³/mol. The topological polar surface area (TPSA) is 68.0 Å². The average molecular weight is 377 g/mol. The van der Waals surface area contributed by atoms with Gasteiger partial charge in [-0.15, -0.1) is 0 Å². The molecule has 4 heterocycles. The van der Waals surface area contributed by atoms with Gasteiger partial charge in [0.2, 0.25) is 0 Å². The van der Waals surface area contributed by atoms with Crippen molar-refractivity contribution >= 4 is 16.8 Å². The molecule has 2 aliphatic heterocycles. The minimum atomic E-state index is -0.0270. The van der Waals surface area contributed by atoms with Crippen LogP contribution in [0.4, 0.5) is 0 Å². The number of para-hydroxylation sites is 1. The van der Waals surface area contributed by atoms with E-state index in [1.165, 1.54) is 11.4 Å². The summed E-state index contributed by atoms with van der Waals surface area (Å²) in [6, 6.07) is 10.0. The number of H-pyrrole nitrogens is 2. The number of rotatable bonds is 3. The Labute approximate surface area is 164 Å². The number of carbonyl (C=O) groups is 1. The lowest BCUT2D eigenvalue weighted by molar-refractivity contribution is 0.00693. The number of aromatic nitrogens is 3.